The van der Waals surface area contributed by atoms with E-state index in [2.05, 4.69) is 10.3 Å². The number of nitrogen functional groups attached to an aromatic ring is 1. The molecule has 29 heavy (non-hydrogen) atoms. The maximum atomic E-state index is 12.4. The molecule has 0 spiro atoms. The number of aromatic nitrogens is 1. The first-order valence-corrected chi connectivity index (χ1v) is 9.10. The molecular weight excluding hydrogens is 364 g/mol. The lowest BCUT2D eigenvalue weighted by Crippen LogP contribution is -2.20. The van der Waals surface area contributed by atoms with E-state index in [0.717, 1.165) is 11.1 Å². The lowest BCUT2D eigenvalue weighted by atomic mass is 10.0. The summed E-state index contributed by atoms with van der Waals surface area (Å²) in [6.07, 6.45) is 4.76. The molecule has 1 heterocycles. The highest BCUT2D eigenvalue weighted by Gasteiger charge is 2.14. The number of hydrogen-bond acceptors (Lipinski definition) is 5. The average molecular weight is 386 g/mol. The van der Waals surface area contributed by atoms with Crippen molar-refractivity contribution in [2.24, 2.45) is 5.73 Å². The fourth-order valence-electron chi connectivity index (χ4n) is 2.68. The summed E-state index contributed by atoms with van der Waals surface area (Å²) in [5.74, 6) is -0.299. The molecule has 0 aliphatic heterocycles. The monoisotopic (exact) mass is 386 g/mol. The van der Waals surface area contributed by atoms with Gasteiger partial charge in [0.15, 0.2) is 5.78 Å². The minimum atomic E-state index is -0.803. The van der Waals surface area contributed by atoms with E-state index >= 15 is 0 Å². The van der Waals surface area contributed by atoms with E-state index in [1.54, 1.807) is 48.7 Å². The first-order chi connectivity index (χ1) is 13.9. The van der Waals surface area contributed by atoms with Crippen molar-refractivity contribution in [3.8, 4) is 0 Å². The summed E-state index contributed by atoms with van der Waals surface area (Å²) in [6, 6.07) is 17.0. The molecule has 2 aromatic carbocycles. The normalized spacial score (nSPS) is 11.9. The van der Waals surface area contributed by atoms with Crippen LogP contribution >= 0.6 is 0 Å². The molecule has 0 radical (unpaired) electrons. The average Bonchev–Trinajstić information content (AvgIpc) is 2.74. The summed E-state index contributed by atoms with van der Waals surface area (Å²) in [5.41, 5.74) is 15.4. The molecule has 6 heteroatoms. The van der Waals surface area contributed by atoms with Crippen LogP contribution in [0.4, 0.5) is 11.5 Å². The summed E-state index contributed by atoms with van der Waals surface area (Å²) in [5, 5.41) is 2.70. The summed E-state index contributed by atoms with van der Waals surface area (Å²) < 4.78 is 0. The Morgan fingerprint density at radius 2 is 1.72 bits per heavy atom. The van der Waals surface area contributed by atoms with E-state index in [1.807, 2.05) is 31.2 Å². The Balaban J connectivity index is 1.65. The minimum absolute atomic E-state index is 0.217. The van der Waals surface area contributed by atoms with Crippen LogP contribution in [0.5, 0.6) is 0 Å². The third kappa shape index (κ3) is 5.15. The molecule has 0 bridgehead atoms. The molecule has 146 valence electrons. The topological polar surface area (TPSA) is 111 Å². The Morgan fingerprint density at radius 3 is 2.38 bits per heavy atom. The standard InChI is InChI=1S/C23H22N4O2/c1-15-4-6-16(7-5-15)8-13-20(28)21(24)17-9-11-18(12-10-17)23(29)27-19-3-2-14-26-22(19)25/h2-14,21H,24H2,1H3,(H2,25,26)(H,27,29). The zero-order valence-electron chi connectivity index (χ0n) is 16.0. The van der Waals surface area contributed by atoms with E-state index in [9.17, 15) is 9.59 Å². The van der Waals surface area contributed by atoms with Crippen molar-refractivity contribution < 1.29 is 9.59 Å². The Morgan fingerprint density at radius 1 is 1.03 bits per heavy atom. The number of benzene rings is 2. The largest absolute Gasteiger partial charge is 0.382 e. The highest BCUT2D eigenvalue weighted by atomic mass is 16.1. The second-order valence-corrected chi connectivity index (χ2v) is 6.64. The molecule has 1 atom stereocenters. The maximum absolute atomic E-state index is 12.4. The molecule has 1 unspecified atom stereocenters. The van der Waals surface area contributed by atoms with Crippen LogP contribution in [0, 0.1) is 6.92 Å². The van der Waals surface area contributed by atoms with Crippen LogP contribution in [-0.2, 0) is 4.79 Å². The Hall–Kier alpha value is -3.77. The van der Waals surface area contributed by atoms with Crippen LogP contribution in [0.25, 0.3) is 6.08 Å². The highest BCUT2D eigenvalue weighted by molar-refractivity contribution is 6.05. The van der Waals surface area contributed by atoms with Crippen LogP contribution < -0.4 is 16.8 Å². The van der Waals surface area contributed by atoms with Gasteiger partial charge in [-0.1, -0.05) is 48.0 Å². The quantitative estimate of drug-likeness (QED) is 0.562. The second-order valence-electron chi connectivity index (χ2n) is 6.64. The first-order valence-electron chi connectivity index (χ1n) is 9.10. The highest BCUT2D eigenvalue weighted by Crippen LogP contribution is 2.17. The van der Waals surface area contributed by atoms with Crippen molar-refractivity contribution >= 4 is 29.3 Å². The van der Waals surface area contributed by atoms with Gasteiger partial charge < -0.3 is 16.8 Å². The van der Waals surface area contributed by atoms with Crippen molar-refractivity contribution in [2.75, 3.05) is 11.1 Å². The third-order valence-electron chi connectivity index (χ3n) is 4.44. The van der Waals surface area contributed by atoms with E-state index < -0.39 is 6.04 Å². The van der Waals surface area contributed by atoms with Gasteiger partial charge in [-0.15, -0.1) is 0 Å². The van der Waals surface area contributed by atoms with Gasteiger partial charge in [0.1, 0.15) is 5.82 Å². The van der Waals surface area contributed by atoms with Gasteiger partial charge in [0.05, 0.1) is 11.7 Å². The van der Waals surface area contributed by atoms with Crippen molar-refractivity contribution in [1.29, 1.82) is 0 Å². The molecular formula is C23H22N4O2. The Labute approximate surface area is 169 Å². The number of anilines is 2. The van der Waals surface area contributed by atoms with Gasteiger partial charge in [0, 0.05) is 11.8 Å². The molecule has 0 fully saturated rings. The smallest absolute Gasteiger partial charge is 0.255 e. The van der Waals surface area contributed by atoms with Gasteiger partial charge in [-0.3, -0.25) is 9.59 Å². The summed E-state index contributed by atoms with van der Waals surface area (Å²) in [6.45, 7) is 2.00. The summed E-state index contributed by atoms with van der Waals surface area (Å²) >= 11 is 0. The van der Waals surface area contributed by atoms with Crippen LogP contribution in [-0.4, -0.2) is 16.7 Å². The van der Waals surface area contributed by atoms with Gasteiger partial charge in [-0.25, -0.2) is 4.98 Å². The van der Waals surface area contributed by atoms with Crippen molar-refractivity contribution in [2.45, 2.75) is 13.0 Å². The number of nitrogens with two attached hydrogens (primary N) is 2. The Bertz CT molecular complexity index is 1040. The lowest BCUT2D eigenvalue weighted by molar-refractivity contribution is -0.115. The lowest BCUT2D eigenvalue weighted by Gasteiger charge is -2.10. The van der Waals surface area contributed by atoms with E-state index in [-0.39, 0.29) is 17.5 Å². The zero-order valence-corrected chi connectivity index (χ0v) is 16.0. The molecule has 0 aliphatic rings. The predicted octanol–water partition coefficient (Wildman–Crippen LogP) is 3.51. The minimum Gasteiger partial charge on any atom is -0.382 e. The zero-order chi connectivity index (χ0) is 20.8. The SMILES string of the molecule is Cc1ccc(C=CC(=O)C(N)c2ccc(C(=O)Nc3cccnc3N)cc2)cc1. The van der Waals surface area contributed by atoms with Gasteiger partial charge in [0.2, 0.25) is 0 Å². The number of nitrogens with one attached hydrogen (secondary N) is 1. The van der Waals surface area contributed by atoms with Crippen LogP contribution in [0.1, 0.15) is 33.1 Å². The van der Waals surface area contributed by atoms with Gasteiger partial charge >= 0.3 is 0 Å². The fourth-order valence-corrected chi connectivity index (χ4v) is 2.68. The van der Waals surface area contributed by atoms with E-state index in [1.165, 1.54) is 6.08 Å². The van der Waals surface area contributed by atoms with E-state index in [4.69, 9.17) is 11.5 Å². The first kappa shape index (κ1) is 20.0. The van der Waals surface area contributed by atoms with Crippen molar-refractivity contribution in [3.05, 3.63) is 95.2 Å². The van der Waals surface area contributed by atoms with E-state index in [0.29, 0.717) is 16.8 Å². The van der Waals surface area contributed by atoms with Crippen LogP contribution in [0.15, 0.2) is 72.9 Å². The van der Waals surface area contributed by atoms with Crippen LogP contribution in [0.3, 0.4) is 0 Å². The molecule has 3 rings (SSSR count). The van der Waals surface area contributed by atoms with Gasteiger partial charge in [0.25, 0.3) is 5.91 Å². The number of carbonyl (C=O) groups is 2. The predicted molar refractivity (Wildman–Crippen MR) is 115 cm³/mol. The number of nitrogens with zero attached hydrogens (tertiary/aromatic N) is 1. The third-order valence-corrected chi connectivity index (χ3v) is 4.44. The van der Waals surface area contributed by atoms with Gasteiger partial charge in [-0.2, -0.15) is 0 Å². The molecule has 3 aromatic rings. The number of amides is 1. The molecule has 1 amide bonds. The molecule has 5 N–H and O–H groups in total. The van der Waals surface area contributed by atoms with Crippen LogP contribution in [0.2, 0.25) is 0 Å². The van der Waals surface area contributed by atoms with Crippen molar-refractivity contribution in [1.82, 2.24) is 4.98 Å². The fraction of sp³-hybridized carbons (Fsp3) is 0.0870. The molecule has 0 saturated heterocycles. The second kappa shape index (κ2) is 8.95. The van der Waals surface area contributed by atoms with Gasteiger partial charge in [-0.05, 0) is 48.4 Å². The summed E-state index contributed by atoms with van der Waals surface area (Å²) in [4.78, 5) is 28.7. The number of aryl methyl sites for hydroxylation is 1. The number of rotatable bonds is 6. The number of hydrogen-bond donors (Lipinski definition) is 3. The Kier molecular flexibility index (Phi) is 6.16. The molecule has 6 nitrogen and oxygen atoms in total. The number of pyridine rings is 1. The number of carbonyl (C=O) groups excluding carboxylic acids is 2. The molecule has 0 aliphatic carbocycles. The summed E-state index contributed by atoms with van der Waals surface area (Å²) in [7, 11) is 0. The maximum Gasteiger partial charge on any atom is 0.255 e. The van der Waals surface area contributed by atoms with Crippen molar-refractivity contribution in [3.63, 3.8) is 0 Å². The number of ketones is 1. The molecule has 1 aromatic heterocycles. The molecule has 0 saturated carbocycles.